The van der Waals surface area contributed by atoms with Gasteiger partial charge in [0.2, 0.25) is 0 Å². The first-order chi connectivity index (χ1) is 11.1. The summed E-state index contributed by atoms with van der Waals surface area (Å²) in [5.41, 5.74) is 0.501. The summed E-state index contributed by atoms with van der Waals surface area (Å²) in [7, 11) is 0. The van der Waals surface area contributed by atoms with E-state index in [2.05, 4.69) is 5.32 Å². The molecule has 0 fully saturated rings. The lowest BCUT2D eigenvalue weighted by molar-refractivity contribution is -0.137. The van der Waals surface area contributed by atoms with E-state index in [9.17, 15) is 9.59 Å². The summed E-state index contributed by atoms with van der Waals surface area (Å²) in [5.74, 6) is -0.934. The summed E-state index contributed by atoms with van der Waals surface area (Å²) in [6.45, 7) is -0.229. The van der Waals surface area contributed by atoms with Crippen LogP contribution in [0.1, 0.15) is 22.9 Å². The lowest BCUT2D eigenvalue weighted by atomic mass is 10.1. The Morgan fingerprint density at radius 2 is 2.04 bits per heavy atom. The number of nitrogens with one attached hydrogen (secondary N) is 1. The Kier molecular flexibility index (Phi) is 5.72. The van der Waals surface area contributed by atoms with Gasteiger partial charge < -0.3 is 15.2 Å². The van der Waals surface area contributed by atoms with Gasteiger partial charge in [0.1, 0.15) is 5.75 Å². The molecule has 0 aliphatic rings. The summed E-state index contributed by atoms with van der Waals surface area (Å²) in [5, 5.41) is 22.1. The van der Waals surface area contributed by atoms with Crippen LogP contribution in [0, 0.1) is 11.3 Å². The van der Waals surface area contributed by atoms with Gasteiger partial charge in [-0.2, -0.15) is 5.26 Å². The highest BCUT2D eigenvalue weighted by Crippen LogP contribution is 2.22. The lowest BCUT2D eigenvalue weighted by Crippen LogP contribution is -2.33. The first-order valence-corrected chi connectivity index (χ1v) is 7.64. The van der Waals surface area contributed by atoms with Gasteiger partial charge in [-0.1, -0.05) is 6.07 Å². The zero-order chi connectivity index (χ0) is 16.7. The second kappa shape index (κ2) is 7.96. The number of aliphatic carboxylic acids is 1. The summed E-state index contributed by atoms with van der Waals surface area (Å²) in [4.78, 5) is 23.6. The number of carbonyl (C=O) groups is 2. The van der Waals surface area contributed by atoms with E-state index in [1.165, 1.54) is 11.3 Å². The number of carboxylic acids is 1. The first-order valence-electron chi connectivity index (χ1n) is 6.76. The molecule has 1 aromatic carbocycles. The maximum atomic E-state index is 11.9. The highest BCUT2D eigenvalue weighted by atomic mass is 32.1. The lowest BCUT2D eigenvalue weighted by Gasteiger charge is -2.15. The van der Waals surface area contributed by atoms with Crippen molar-refractivity contribution in [2.24, 2.45) is 0 Å². The minimum absolute atomic E-state index is 0.191. The summed E-state index contributed by atoms with van der Waals surface area (Å²) in [6, 6.07) is 11.4. The second-order valence-electron chi connectivity index (χ2n) is 4.66. The zero-order valence-electron chi connectivity index (χ0n) is 12.1. The van der Waals surface area contributed by atoms with Crippen molar-refractivity contribution in [3.63, 3.8) is 0 Å². The molecule has 0 spiro atoms. The van der Waals surface area contributed by atoms with Crippen LogP contribution >= 0.6 is 11.3 Å². The van der Waals surface area contributed by atoms with Gasteiger partial charge in [-0.25, -0.2) is 0 Å². The Hall–Kier alpha value is -2.85. The van der Waals surface area contributed by atoms with Crippen molar-refractivity contribution < 1.29 is 19.4 Å². The van der Waals surface area contributed by atoms with E-state index in [0.717, 1.165) is 4.88 Å². The standard InChI is InChI=1S/C16H14N2O4S/c17-9-11-3-5-12(6-4-11)22-10-15(19)18-13(8-16(20)21)14-2-1-7-23-14/h1-7,13H,8,10H2,(H,18,19)(H,20,21)/t13-/m1/s1. The van der Waals surface area contributed by atoms with Crippen LogP contribution in [0.15, 0.2) is 41.8 Å². The number of ether oxygens (including phenoxy) is 1. The summed E-state index contributed by atoms with van der Waals surface area (Å²) < 4.78 is 5.33. The van der Waals surface area contributed by atoms with Crippen LogP contribution in [0.4, 0.5) is 0 Å². The molecule has 6 nitrogen and oxygen atoms in total. The van der Waals surface area contributed by atoms with E-state index < -0.39 is 17.9 Å². The van der Waals surface area contributed by atoms with Crippen molar-refractivity contribution in [3.05, 3.63) is 52.2 Å². The minimum Gasteiger partial charge on any atom is -0.484 e. The van der Waals surface area contributed by atoms with E-state index in [0.29, 0.717) is 11.3 Å². The number of benzene rings is 1. The Balaban J connectivity index is 1.91. The normalized spacial score (nSPS) is 11.3. The van der Waals surface area contributed by atoms with E-state index >= 15 is 0 Å². The molecule has 2 aromatic rings. The van der Waals surface area contributed by atoms with E-state index in [-0.39, 0.29) is 13.0 Å². The fourth-order valence-corrected chi connectivity index (χ4v) is 2.68. The highest BCUT2D eigenvalue weighted by molar-refractivity contribution is 7.10. The number of hydrogen-bond donors (Lipinski definition) is 2. The maximum absolute atomic E-state index is 11.9. The van der Waals surface area contributed by atoms with Gasteiger partial charge in [0.25, 0.3) is 5.91 Å². The molecule has 1 aromatic heterocycles. The van der Waals surface area contributed by atoms with Crippen LogP contribution in [0.3, 0.4) is 0 Å². The molecule has 2 N–H and O–H groups in total. The molecule has 0 aliphatic carbocycles. The topological polar surface area (TPSA) is 99.4 Å². The van der Waals surface area contributed by atoms with Crippen molar-refractivity contribution >= 4 is 23.2 Å². The van der Waals surface area contributed by atoms with Crippen LogP contribution in [-0.4, -0.2) is 23.6 Å². The molecule has 0 saturated carbocycles. The van der Waals surface area contributed by atoms with Gasteiger partial charge in [-0.05, 0) is 35.7 Å². The van der Waals surface area contributed by atoms with E-state index in [4.69, 9.17) is 15.1 Å². The van der Waals surface area contributed by atoms with Gasteiger partial charge in [-0.3, -0.25) is 9.59 Å². The third-order valence-electron chi connectivity index (χ3n) is 2.95. The molecule has 1 heterocycles. The van der Waals surface area contributed by atoms with Crippen LogP contribution in [0.2, 0.25) is 0 Å². The Morgan fingerprint density at radius 1 is 1.30 bits per heavy atom. The molecule has 118 valence electrons. The van der Waals surface area contributed by atoms with Crippen molar-refractivity contribution in [1.82, 2.24) is 5.32 Å². The van der Waals surface area contributed by atoms with Crippen LogP contribution < -0.4 is 10.1 Å². The molecule has 1 amide bonds. The average Bonchev–Trinajstić information content (AvgIpc) is 3.07. The number of hydrogen-bond acceptors (Lipinski definition) is 5. The average molecular weight is 330 g/mol. The van der Waals surface area contributed by atoms with E-state index in [1.807, 2.05) is 11.4 Å². The van der Waals surface area contributed by atoms with Crippen molar-refractivity contribution in [1.29, 1.82) is 5.26 Å². The molecule has 7 heteroatoms. The number of carboxylic acid groups (broad SMARTS) is 1. The van der Waals surface area contributed by atoms with Gasteiger partial charge in [0.05, 0.1) is 24.1 Å². The van der Waals surface area contributed by atoms with Gasteiger partial charge in [0, 0.05) is 4.88 Å². The largest absolute Gasteiger partial charge is 0.484 e. The first kappa shape index (κ1) is 16.5. The predicted molar refractivity (Wildman–Crippen MR) is 84.1 cm³/mol. The fourth-order valence-electron chi connectivity index (χ4n) is 1.90. The third kappa shape index (κ3) is 5.13. The van der Waals surface area contributed by atoms with Crippen molar-refractivity contribution in [2.45, 2.75) is 12.5 Å². The molecule has 0 aliphatic heterocycles. The molecule has 0 unspecified atom stereocenters. The number of nitrogens with zero attached hydrogens (tertiary/aromatic N) is 1. The monoisotopic (exact) mass is 330 g/mol. The van der Waals surface area contributed by atoms with E-state index in [1.54, 1.807) is 36.4 Å². The maximum Gasteiger partial charge on any atom is 0.305 e. The molecule has 1 atom stereocenters. The molecule has 2 rings (SSSR count). The molecular weight excluding hydrogens is 316 g/mol. The van der Waals surface area contributed by atoms with Gasteiger partial charge in [-0.15, -0.1) is 11.3 Å². The Labute approximate surface area is 136 Å². The predicted octanol–water partition coefficient (Wildman–Crippen LogP) is 2.33. The highest BCUT2D eigenvalue weighted by Gasteiger charge is 2.19. The summed E-state index contributed by atoms with van der Waals surface area (Å²) >= 11 is 1.38. The zero-order valence-corrected chi connectivity index (χ0v) is 12.9. The number of rotatable bonds is 7. The van der Waals surface area contributed by atoms with Gasteiger partial charge in [0.15, 0.2) is 6.61 Å². The molecule has 0 bridgehead atoms. The number of nitriles is 1. The van der Waals surface area contributed by atoms with Crippen molar-refractivity contribution in [2.75, 3.05) is 6.61 Å². The smallest absolute Gasteiger partial charge is 0.305 e. The minimum atomic E-state index is -0.989. The molecule has 0 radical (unpaired) electrons. The van der Waals surface area contributed by atoms with Crippen LogP contribution in [-0.2, 0) is 9.59 Å². The SMILES string of the molecule is N#Cc1ccc(OCC(=O)N[C@H](CC(=O)O)c2cccs2)cc1. The van der Waals surface area contributed by atoms with Crippen molar-refractivity contribution in [3.8, 4) is 11.8 Å². The molecule has 23 heavy (non-hydrogen) atoms. The fraction of sp³-hybridized carbons (Fsp3) is 0.188. The molecule has 0 saturated heterocycles. The Bertz CT molecular complexity index is 705. The third-order valence-corrected chi connectivity index (χ3v) is 3.94. The second-order valence-corrected chi connectivity index (χ2v) is 5.64. The summed E-state index contributed by atoms with van der Waals surface area (Å²) in [6.07, 6.45) is -0.191. The van der Waals surface area contributed by atoms with Crippen LogP contribution in [0.25, 0.3) is 0 Å². The number of thiophene rings is 1. The quantitative estimate of drug-likeness (QED) is 0.811. The molecular formula is C16H14N2O4S. The number of carbonyl (C=O) groups excluding carboxylic acids is 1. The Morgan fingerprint density at radius 3 is 2.61 bits per heavy atom. The van der Waals surface area contributed by atoms with Crippen LogP contribution in [0.5, 0.6) is 5.75 Å². The van der Waals surface area contributed by atoms with Gasteiger partial charge >= 0.3 is 5.97 Å². The number of amides is 1.